The molecule has 1 aromatic heterocycles. The Morgan fingerprint density at radius 1 is 1.13 bits per heavy atom. The number of ether oxygens (including phenoxy) is 1. The van der Waals surface area contributed by atoms with E-state index in [0.717, 1.165) is 24.1 Å². The summed E-state index contributed by atoms with van der Waals surface area (Å²) < 4.78 is 5.39. The van der Waals surface area contributed by atoms with Gasteiger partial charge in [0.05, 0.1) is 29.7 Å². The molecule has 8 heteroatoms. The lowest BCUT2D eigenvalue weighted by atomic mass is 9.82. The van der Waals surface area contributed by atoms with E-state index in [1.165, 1.54) is 28.7 Å². The predicted octanol–water partition coefficient (Wildman–Crippen LogP) is 7.26. The first-order valence-electron chi connectivity index (χ1n) is 12.9. The van der Waals surface area contributed by atoms with E-state index < -0.39 is 11.8 Å². The maximum absolute atomic E-state index is 13.6. The lowest BCUT2D eigenvalue weighted by Gasteiger charge is -2.29. The summed E-state index contributed by atoms with van der Waals surface area (Å²) in [5, 5.41) is 15.7. The van der Waals surface area contributed by atoms with Gasteiger partial charge in [0, 0.05) is 27.6 Å². The molecule has 3 aromatic rings. The van der Waals surface area contributed by atoms with Crippen molar-refractivity contribution >= 4 is 45.5 Å². The van der Waals surface area contributed by atoms with Crippen molar-refractivity contribution in [1.29, 1.82) is 5.26 Å². The van der Waals surface area contributed by atoms with Gasteiger partial charge in [0.1, 0.15) is 11.7 Å². The molecule has 1 amide bonds. The van der Waals surface area contributed by atoms with Gasteiger partial charge < -0.3 is 10.1 Å². The number of ketones is 1. The fourth-order valence-corrected chi connectivity index (χ4v) is 6.45. The summed E-state index contributed by atoms with van der Waals surface area (Å²) in [6.07, 6.45) is 3.25. The second-order valence-corrected chi connectivity index (χ2v) is 11.2. The number of carbonyl (C=O) groups excluding carboxylic acids is 2. The normalized spacial score (nSPS) is 16.8. The number of anilines is 1. The number of nitriles is 1. The first kappa shape index (κ1) is 28.3. The molecule has 4 rings (SSSR count). The zero-order valence-corrected chi connectivity index (χ0v) is 23.9. The zero-order chi connectivity index (χ0) is 27.8. The molecule has 0 bridgehead atoms. The smallest absolute Gasteiger partial charge is 0.254 e. The molecule has 0 fully saturated rings. The van der Waals surface area contributed by atoms with Crippen LogP contribution in [-0.2, 0) is 11.2 Å². The number of nitrogens with zero attached hydrogens (tertiary/aromatic N) is 2. The Bertz CT molecular complexity index is 1420. The maximum Gasteiger partial charge on any atom is 0.254 e. The summed E-state index contributed by atoms with van der Waals surface area (Å²) in [7, 11) is 1.55. The van der Waals surface area contributed by atoms with Gasteiger partial charge in [0.2, 0.25) is 0 Å². The Balaban J connectivity index is 1.59. The molecular weight excluding hydrogens is 526 g/mol. The minimum atomic E-state index is -0.694. The highest BCUT2D eigenvalue weighted by atomic mass is 32.2. The zero-order valence-electron chi connectivity index (χ0n) is 22.3. The van der Waals surface area contributed by atoms with Crippen LogP contribution in [0, 0.1) is 17.2 Å². The lowest BCUT2D eigenvalue weighted by Crippen LogP contribution is -2.31. The Hall–Kier alpha value is -3.67. The third kappa shape index (κ3) is 6.67. The Morgan fingerprint density at radius 3 is 2.56 bits per heavy atom. The van der Waals surface area contributed by atoms with E-state index in [-0.39, 0.29) is 17.4 Å². The standard InChI is InChI=1S/C31H31N3O3S2/c1-4-5-9-21-13-15-22(16-14-21)25(35)19-39-31-23(18-32)29(27-12-8-17-38-27)28(20(2)33-31)30(36)34-24-10-6-7-11-26(24)37-3/h6-8,10-17,23,29H,4-5,9,19H2,1-3H3,(H,34,36)/t23?,29-/m1/s1. The number of methoxy groups -OCH3 is 1. The highest BCUT2D eigenvalue weighted by Crippen LogP contribution is 2.43. The molecule has 0 saturated heterocycles. The second-order valence-electron chi connectivity index (χ2n) is 9.22. The van der Waals surface area contributed by atoms with Crippen LogP contribution < -0.4 is 10.1 Å². The van der Waals surface area contributed by atoms with Crippen LogP contribution in [0.15, 0.2) is 82.3 Å². The molecule has 0 spiro atoms. The van der Waals surface area contributed by atoms with Crippen LogP contribution in [0.1, 0.15) is 53.4 Å². The highest BCUT2D eigenvalue weighted by Gasteiger charge is 2.39. The van der Waals surface area contributed by atoms with E-state index in [2.05, 4.69) is 18.3 Å². The number of unbranched alkanes of at least 4 members (excludes halogenated alkanes) is 1. The number of benzene rings is 2. The van der Waals surface area contributed by atoms with Crippen molar-refractivity contribution in [3.63, 3.8) is 0 Å². The van der Waals surface area contributed by atoms with E-state index in [1.807, 2.05) is 53.9 Å². The number of thiophene rings is 1. The summed E-state index contributed by atoms with van der Waals surface area (Å²) in [5.41, 5.74) is 3.38. The Morgan fingerprint density at radius 2 is 1.90 bits per heavy atom. The molecule has 0 saturated carbocycles. The van der Waals surface area contributed by atoms with E-state index >= 15 is 0 Å². The van der Waals surface area contributed by atoms with E-state index in [9.17, 15) is 14.9 Å². The van der Waals surface area contributed by atoms with Crippen molar-refractivity contribution in [2.75, 3.05) is 18.2 Å². The first-order chi connectivity index (χ1) is 19.0. The van der Waals surface area contributed by atoms with Crippen LogP contribution in [0.4, 0.5) is 5.69 Å². The third-order valence-corrected chi connectivity index (χ3v) is 8.62. The van der Waals surface area contributed by atoms with Crippen molar-refractivity contribution in [3.8, 4) is 11.8 Å². The monoisotopic (exact) mass is 557 g/mol. The van der Waals surface area contributed by atoms with Gasteiger partial charge in [-0.2, -0.15) is 5.26 Å². The number of hydrogen-bond acceptors (Lipinski definition) is 7. The second kappa shape index (κ2) is 13.4. The summed E-state index contributed by atoms with van der Waals surface area (Å²) in [6, 6.07) is 21.2. The van der Waals surface area contributed by atoms with Gasteiger partial charge in [-0.3, -0.25) is 9.59 Å². The number of carbonyl (C=O) groups is 2. The number of allylic oxidation sites excluding steroid dienone is 1. The van der Waals surface area contributed by atoms with E-state index in [4.69, 9.17) is 9.73 Å². The van der Waals surface area contributed by atoms with Crippen molar-refractivity contribution in [1.82, 2.24) is 0 Å². The number of thioether (sulfide) groups is 1. The minimum Gasteiger partial charge on any atom is -0.495 e. The number of hydrogen-bond donors (Lipinski definition) is 1. The first-order valence-corrected chi connectivity index (χ1v) is 14.7. The molecule has 2 aromatic carbocycles. The highest BCUT2D eigenvalue weighted by molar-refractivity contribution is 8.14. The summed E-state index contributed by atoms with van der Waals surface area (Å²) in [5.74, 6) is -0.838. The number of amides is 1. The number of rotatable bonds is 10. The quantitative estimate of drug-likeness (QED) is 0.265. The number of Topliss-reactive ketones (excluding diaryl/α,β-unsaturated/α-hetero) is 1. The van der Waals surface area contributed by atoms with Gasteiger partial charge in [-0.25, -0.2) is 4.99 Å². The Kier molecular flexibility index (Phi) is 9.74. The maximum atomic E-state index is 13.6. The topological polar surface area (TPSA) is 91.6 Å². The number of para-hydroxylation sites is 2. The molecule has 2 heterocycles. The number of nitrogens with one attached hydrogen (secondary N) is 1. The summed E-state index contributed by atoms with van der Waals surface area (Å²) in [4.78, 5) is 32.2. The SMILES string of the molecule is CCCCc1ccc(C(=O)CSC2=NC(C)=C(C(=O)Nc3ccccc3OC)[C@@H](c3cccs3)C2C#N)cc1. The van der Waals surface area contributed by atoms with Crippen LogP contribution in [0.2, 0.25) is 0 Å². The van der Waals surface area contributed by atoms with E-state index in [1.54, 1.807) is 26.2 Å². The van der Waals surface area contributed by atoms with Crippen molar-refractivity contribution < 1.29 is 14.3 Å². The molecule has 2 atom stereocenters. The van der Waals surface area contributed by atoms with Crippen molar-refractivity contribution in [2.24, 2.45) is 10.9 Å². The molecule has 1 unspecified atom stereocenters. The van der Waals surface area contributed by atoms with Crippen molar-refractivity contribution in [3.05, 3.63) is 93.3 Å². The van der Waals surface area contributed by atoms with E-state index in [0.29, 0.717) is 33.3 Å². The molecule has 6 nitrogen and oxygen atoms in total. The molecule has 200 valence electrons. The fourth-order valence-electron chi connectivity index (χ4n) is 4.56. The molecule has 0 radical (unpaired) electrons. The molecule has 1 N–H and O–H groups in total. The fraction of sp³-hybridized carbons (Fsp3) is 0.290. The molecule has 1 aliphatic heterocycles. The van der Waals surface area contributed by atoms with Gasteiger partial charge >= 0.3 is 0 Å². The molecular formula is C31H31N3O3S2. The van der Waals surface area contributed by atoms with Gasteiger partial charge in [-0.05, 0) is 48.9 Å². The average molecular weight is 558 g/mol. The number of aliphatic imine (C=N–C) groups is 1. The lowest BCUT2D eigenvalue weighted by molar-refractivity contribution is -0.113. The Labute approximate surface area is 237 Å². The van der Waals surface area contributed by atoms with Crippen LogP contribution in [0.5, 0.6) is 5.75 Å². The van der Waals surface area contributed by atoms with Crippen LogP contribution in [0.25, 0.3) is 0 Å². The largest absolute Gasteiger partial charge is 0.495 e. The van der Waals surface area contributed by atoms with Crippen LogP contribution >= 0.6 is 23.1 Å². The average Bonchev–Trinajstić information content (AvgIpc) is 3.49. The summed E-state index contributed by atoms with van der Waals surface area (Å²) in [6.45, 7) is 3.94. The van der Waals surface area contributed by atoms with Gasteiger partial charge in [0.25, 0.3) is 5.91 Å². The van der Waals surface area contributed by atoms with Gasteiger partial charge in [0.15, 0.2) is 5.78 Å². The van der Waals surface area contributed by atoms with Crippen molar-refractivity contribution in [2.45, 2.75) is 39.0 Å². The molecule has 1 aliphatic rings. The molecule has 39 heavy (non-hydrogen) atoms. The predicted molar refractivity (Wildman–Crippen MR) is 160 cm³/mol. The van der Waals surface area contributed by atoms with Crippen LogP contribution in [-0.4, -0.2) is 29.6 Å². The third-order valence-electron chi connectivity index (χ3n) is 6.61. The minimum absolute atomic E-state index is 0.0181. The van der Waals surface area contributed by atoms with Crippen LogP contribution in [0.3, 0.4) is 0 Å². The van der Waals surface area contributed by atoms with Gasteiger partial charge in [-0.1, -0.05) is 55.8 Å². The summed E-state index contributed by atoms with van der Waals surface area (Å²) >= 11 is 2.77. The number of aryl methyl sites for hydroxylation is 1. The van der Waals surface area contributed by atoms with Gasteiger partial charge in [-0.15, -0.1) is 23.1 Å². The molecule has 0 aliphatic carbocycles.